The van der Waals surface area contributed by atoms with Crippen molar-refractivity contribution in [1.29, 1.82) is 0 Å². The van der Waals surface area contributed by atoms with Crippen LogP contribution in [0.1, 0.15) is 12.5 Å². The van der Waals surface area contributed by atoms with Gasteiger partial charge in [0.2, 0.25) is 0 Å². The van der Waals surface area contributed by atoms with Crippen LogP contribution in [0.4, 0.5) is 0 Å². The maximum atomic E-state index is 10.7. The van der Waals surface area contributed by atoms with Gasteiger partial charge in [0.25, 0.3) is 0 Å². The molecule has 0 atom stereocenters. The van der Waals surface area contributed by atoms with Crippen molar-refractivity contribution in [3.63, 3.8) is 0 Å². The molecule has 0 bridgehead atoms. The Morgan fingerprint density at radius 2 is 2.31 bits per heavy atom. The topological polar surface area (TPSA) is 17.1 Å². The van der Waals surface area contributed by atoms with Gasteiger partial charge in [-0.1, -0.05) is 29.7 Å². The quantitative estimate of drug-likeness (QED) is 0.716. The Morgan fingerprint density at radius 1 is 1.44 bits per heavy atom. The van der Waals surface area contributed by atoms with Gasteiger partial charge in [0, 0.05) is 17.2 Å². The standard InChI is InChI=1S/C13H10OS2/c1-10(14)15-7-2-3-11-4-5-12-6-8-16-13(12)9-11/h4-6,8-9H,7H2,1H3. The van der Waals surface area contributed by atoms with Crippen LogP contribution in [0.3, 0.4) is 0 Å². The summed E-state index contributed by atoms with van der Waals surface area (Å²) in [6.07, 6.45) is 0. The predicted molar refractivity (Wildman–Crippen MR) is 71.8 cm³/mol. The van der Waals surface area contributed by atoms with Crippen molar-refractivity contribution in [3.8, 4) is 11.8 Å². The molecule has 0 fully saturated rings. The van der Waals surface area contributed by atoms with E-state index in [0.29, 0.717) is 5.75 Å². The van der Waals surface area contributed by atoms with Crippen LogP contribution in [0.5, 0.6) is 0 Å². The predicted octanol–water partition coefficient (Wildman–Crippen LogP) is 3.53. The minimum atomic E-state index is 0.114. The van der Waals surface area contributed by atoms with E-state index in [1.165, 1.54) is 21.8 Å². The lowest BCUT2D eigenvalue weighted by Gasteiger charge is -1.91. The number of carbonyl (C=O) groups excluding carboxylic acids is 1. The van der Waals surface area contributed by atoms with Crippen LogP contribution in [0.25, 0.3) is 10.1 Å². The third-order valence-corrected chi connectivity index (χ3v) is 3.61. The van der Waals surface area contributed by atoms with Gasteiger partial charge in [-0.15, -0.1) is 11.3 Å². The van der Waals surface area contributed by atoms with Gasteiger partial charge in [0.05, 0.1) is 5.75 Å². The molecular weight excluding hydrogens is 236 g/mol. The van der Waals surface area contributed by atoms with Crippen LogP contribution in [-0.2, 0) is 4.79 Å². The van der Waals surface area contributed by atoms with Gasteiger partial charge in [-0.25, -0.2) is 0 Å². The fourth-order valence-corrected chi connectivity index (χ4v) is 2.48. The highest BCUT2D eigenvalue weighted by molar-refractivity contribution is 8.13. The van der Waals surface area contributed by atoms with E-state index in [0.717, 1.165) is 5.56 Å². The fourth-order valence-electron chi connectivity index (χ4n) is 1.31. The summed E-state index contributed by atoms with van der Waals surface area (Å²) in [5.41, 5.74) is 1.01. The summed E-state index contributed by atoms with van der Waals surface area (Å²) in [5.74, 6) is 6.62. The smallest absolute Gasteiger partial charge is 0.186 e. The average molecular weight is 246 g/mol. The molecule has 1 aromatic carbocycles. The van der Waals surface area contributed by atoms with E-state index >= 15 is 0 Å². The molecular formula is C13H10OS2. The maximum Gasteiger partial charge on any atom is 0.186 e. The van der Waals surface area contributed by atoms with Gasteiger partial charge in [0.1, 0.15) is 0 Å². The first-order chi connectivity index (χ1) is 7.75. The molecule has 16 heavy (non-hydrogen) atoms. The molecule has 1 nitrogen and oxygen atoms in total. The summed E-state index contributed by atoms with van der Waals surface area (Å²) in [4.78, 5) is 10.7. The van der Waals surface area contributed by atoms with Gasteiger partial charge < -0.3 is 0 Å². The van der Waals surface area contributed by atoms with Crippen molar-refractivity contribution in [1.82, 2.24) is 0 Å². The van der Waals surface area contributed by atoms with Crippen LogP contribution in [0.15, 0.2) is 29.6 Å². The van der Waals surface area contributed by atoms with Crippen LogP contribution in [-0.4, -0.2) is 10.9 Å². The Hall–Kier alpha value is -1.24. The zero-order chi connectivity index (χ0) is 11.4. The lowest BCUT2D eigenvalue weighted by atomic mass is 10.2. The summed E-state index contributed by atoms with van der Waals surface area (Å²) in [7, 11) is 0. The highest BCUT2D eigenvalue weighted by Crippen LogP contribution is 2.21. The monoisotopic (exact) mass is 246 g/mol. The molecule has 0 saturated carbocycles. The number of rotatable bonds is 1. The fraction of sp³-hybridized carbons (Fsp3) is 0.154. The number of carbonyl (C=O) groups is 1. The van der Waals surface area contributed by atoms with E-state index in [-0.39, 0.29) is 5.12 Å². The number of fused-ring (bicyclic) bond motifs is 1. The van der Waals surface area contributed by atoms with Crippen LogP contribution < -0.4 is 0 Å². The van der Waals surface area contributed by atoms with Crippen molar-refractivity contribution in [2.45, 2.75) is 6.92 Å². The van der Waals surface area contributed by atoms with E-state index in [2.05, 4.69) is 35.4 Å². The summed E-state index contributed by atoms with van der Waals surface area (Å²) in [6.45, 7) is 1.56. The molecule has 0 N–H and O–H groups in total. The van der Waals surface area contributed by atoms with Crippen LogP contribution in [0, 0.1) is 11.8 Å². The molecule has 0 spiro atoms. The minimum Gasteiger partial charge on any atom is -0.288 e. The Labute approximate surface area is 103 Å². The minimum absolute atomic E-state index is 0.114. The molecule has 3 heteroatoms. The Bertz CT molecular complexity index is 572. The van der Waals surface area contributed by atoms with Gasteiger partial charge in [-0.05, 0) is 29.0 Å². The molecule has 0 unspecified atom stereocenters. The lowest BCUT2D eigenvalue weighted by Crippen LogP contribution is -1.82. The molecule has 2 rings (SSSR count). The second-order valence-corrected chi connectivity index (χ2v) is 5.36. The molecule has 0 radical (unpaired) electrons. The molecule has 1 aromatic heterocycles. The van der Waals surface area contributed by atoms with Crippen LogP contribution in [0.2, 0.25) is 0 Å². The molecule has 80 valence electrons. The molecule has 0 aliphatic rings. The third kappa shape index (κ3) is 2.88. The first-order valence-electron chi connectivity index (χ1n) is 4.85. The van der Waals surface area contributed by atoms with Crippen molar-refractivity contribution in [3.05, 3.63) is 35.2 Å². The highest BCUT2D eigenvalue weighted by Gasteiger charge is 1.94. The zero-order valence-electron chi connectivity index (χ0n) is 8.82. The highest BCUT2D eigenvalue weighted by atomic mass is 32.2. The molecule has 0 amide bonds. The lowest BCUT2D eigenvalue weighted by molar-refractivity contribution is -0.109. The van der Waals surface area contributed by atoms with Gasteiger partial charge in [-0.2, -0.15) is 0 Å². The van der Waals surface area contributed by atoms with E-state index in [9.17, 15) is 4.79 Å². The maximum absolute atomic E-state index is 10.7. The third-order valence-electron chi connectivity index (χ3n) is 2.04. The summed E-state index contributed by atoms with van der Waals surface area (Å²) >= 11 is 2.96. The molecule has 0 saturated heterocycles. The van der Waals surface area contributed by atoms with Gasteiger partial charge >= 0.3 is 0 Å². The van der Waals surface area contributed by atoms with E-state index in [1.807, 2.05) is 6.07 Å². The second-order valence-electron chi connectivity index (χ2n) is 3.26. The van der Waals surface area contributed by atoms with Crippen molar-refractivity contribution in [2.24, 2.45) is 0 Å². The number of hydrogen-bond acceptors (Lipinski definition) is 3. The molecule has 0 aliphatic carbocycles. The van der Waals surface area contributed by atoms with Gasteiger partial charge in [0.15, 0.2) is 5.12 Å². The Balaban J connectivity index is 2.11. The second kappa shape index (κ2) is 5.20. The first-order valence-corrected chi connectivity index (χ1v) is 6.72. The SMILES string of the molecule is CC(=O)SCC#Cc1ccc2ccsc2c1. The molecule has 0 aliphatic heterocycles. The van der Waals surface area contributed by atoms with Crippen molar-refractivity contribution >= 4 is 38.3 Å². The number of hydrogen-bond donors (Lipinski definition) is 0. The first kappa shape index (κ1) is 11.3. The Kier molecular flexibility index (Phi) is 3.66. The van der Waals surface area contributed by atoms with Gasteiger partial charge in [-0.3, -0.25) is 4.79 Å². The van der Waals surface area contributed by atoms with Crippen molar-refractivity contribution < 1.29 is 4.79 Å². The Morgan fingerprint density at radius 3 is 3.12 bits per heavy atom. The number of thioether (sulfide) groups is 1. The normalized spacial score (nSPS) is 9.81. The molecule has 1 heterocycles. The zero-order valence-corrected chi connectivity index (χ0v) is 10.5. The van der Waals surface area contributed by atoms with E-state index in [4.69, 9.17) is 0 Å². The van der Waals surface area contributed by atoms with Crippen molar-refractivity contribution in [2.75, 3.05) is 5.75 Å². The molecule has 2 aromatic rings. The summed E-state index contributed by atoms with van der Waals surface area (Å²) in [5, 5.41) is 3.45. The van der Waals surface area contributed by atoms with Crippen LogP contribution >= 0.6 is 23.1 Å². The summed E-state index contributed by atoms with van der Waals surface area (Å²) in [6, 6.07) is 8.28. The van der Waals surface area contributed by atoms with E-state index < -0.39 is 0 Å². The average Bonchev–Trinajstić information content (AvgIpc) is 2.71. The summed E-state index contributed by atoms with van der Waals surface area (Å²) < 4.78 is 1.26. The van der Waals surface area contributed by atoms with E-state index in [1.54, 1.807) is 18.3 Å². The number of thiophene rings is 1. The number of benzene rings is 1. The largest absolute Gasteiger partial charge is 0.288 e.